The second kappa shape index (κ2) is 6.20. The number of nitrogens with one attached hydrogen (secondary N) is 1. The summed E-state index contributed by atoms with van der Waals surface area (Å²) in [6.45, 7) is 6.26. The summed E-state index contributed by atoms with van der Waals surface area (Å²) in [7, 11) is 0. The van der Waals surface area contributed by atoms with Crippen LogP contribution in [0.3, 0.4) is 0 Å². The van der Waals surface area contributed by atoms with Gasteiger partial charge in [-0.15, -0.1) is 11.3 Å². The van der Waals surface area contributed by atoms with Crippen LogP contribution in [0.5, 0.6) is 0 Å². The molecule has 0 radical (unpaired) electrons. The molecule has 20 heavy (non-hydrogen) atoms. The van der Waals surface area contributed by atoms with E-state index in [1.165, 1.54) is 9.71 Å². The Morgan fingerprint density at radius 1 is 1.45 bits per heavy atom. The van der Waals surface area contributed by atoms with Gasteiger partial charge in [-0.3, -0.25) is 0 Å². The van der Waals surface area contributed by atoms with Crippen LogP contribution in [0.4, 0.5) is 0 Å². The van der Waals surface area contributed by atoms with E-state index in [4.69, 9.17) is 9.72 Å². The molecule has 1 fully saturated rings. The van der Waals surface area contributed by atoms with E-state index in [0.29, 0.717) is 18.1 Å². The zero-order valence-electron chi connectivity index (χ0n) is 12.1. The highest BCUT2D eigenvalue weighted by atomic mass is 32.1. The molecule has 1 N–H and O–H groups in total. The Hall–Kier alpha value is -0.970. The number of benzene rings is 1. The summed E-state index contributed by atoms with van der Waals surface area (Å²) in [6.07, 6.45) is 2.52. The lowest BCUT2D eigenvalue weighted by molar-refractivity contribution is 0.0956. The second-order valence-corrected chi connectivity index (χ2v) is 6.59. The fourth-order valence-corrected chi connectivity index (χ4v) is 4.13. The minimum absolute atomic E-state index is 0.355. The predicted molar refractivity (Wildman–Crippen MR) is 84.3 cm³/mol. The van der Waals surface area contributed by atoms with Crippen molar-refractivity contribution in [3.8, 4) is 0 Å². The largest absolute Gasteiger partial charge is 0.378 e. The van der Waals surface area contributed by atoms with E-state index >= 15 is 0 Å². The molecule has 1 aliphatic heterocycles. The normalized spacial score (nSPS) is 24.3. The van der Waals surface area contributed by atoms with Gasteiger partial charge in [0.2, 0.25) is 0 Å². The van der Waals surface area contributed by atoms with Crippen LogP contribution in [0.1, 0.15) is 25.3 Å². The maximum atomic E-state index is 5.73. The molecular formula is C16H22N2OS. The van der Waals surface area contributed by atoms with Crippen molar-refractivity contribution in [2.75, 3.05) is 13.2 Å². The summed E-state index contributed by atoms with van der Waals surface area (Å²) >= 11 is 1.82. The molecule has 108 valence electrons. The van der Waals surface area contributed by atoms with Crippen molar-refractivity contribution in [2.24, 2.45) is 5.92 Å². The minimum Gasteiger partial charge on any atom is -0.378 e. The maximum absolute atomic E-state index is 5.73. The van der Waals surface area contributed by atoms with Crippen molar-refractivity contribution in [3.63, 3.8) is 0 Å². The second-order valence-electron chi connectivity index (χ2n) is 5.47. The summed E-state index contributed by atoms with van der Waals surface area (Å²) in [4.78, 5) is 4.77. The van der Waals surface area contributed by atoms with E-state index in [1.807, 2.05) is 11.3 Å². The van der Waals surface area contributed by atoms with E-state index in [2.05, 4.69) is 43.4 Å². The molecular weight excluding hydrogens is 268 g/mol. The van der Waals surface area contributed by atoms with Gasteiger partial charge in [-0.05, 0) is 32.0 Å². The van der Waals surface area contributed by atoms with Gasteiger partial charge in [-0.1, -0.05) is 19.1 Å². The quantitative estimate of drug-likeness (QED) is 0.918. The summed E-state index contributed by atoms with van der Waals surface area (Å²) < 4.78 is 7.02. The van der Waals surface area contributed by atoms with Crippen LogP contribution in [0.2, 0.25) is 0 Å². The van der Waals surface area contributed by atoms with Gasteiger partial charge in [0.15, 0.2) is 0 Å². The predicted octanol–water partition coefficient (Wildman–Crippen LogP) is 3.24. The molecule has 0 spiro atoms. The molecule has 0 bridgehead atoms. The van der Waals surface area contributed by atoms with Crippen LogP contribution >= 0.6 is 11.3 Å². The smallest absolute Gasteiger partial charge is 0.0954 e. The number of hydrogen-bond acceptors (Lipinski definition) is 4. The standard InChI is InChI=1S/C16H22N2OS/c1-3-17-14(12-8-9-19-11(12)2)10-16-18-13-6-4-5-7-15(13)20-16/h4-7,11-12,14,17H,3,8-10H2,1-2H3. The number of para-hydroxylation sites is 1. The lowest BCUT2D eigenvalue weighted by Crippen LogP contribution is -2.40. The van der Waals surface area contributed by atoms with Gasteiger partial charge >= 0.3 is 0 Å². The number of rotatable bonds is 5. The van der Waals surface area contributed by atoms with Crippen LogP contribution in [-0.2, 0) is 11.2 Å². The molecule has 3 rings (SSSR count). The molecule has 3 nitrogen and oxygen atoms in total. The first-order valence-corrected chi connectivity index (χ1v) is 8.29. The third-order valence-electron chi connectivity index (χ3n) is 4.15. The highest BCUT2D eigenvalue weighted by Crippen LogP contribution is 2.28. The van der Waals surface area contributed by atoms with E-state index in [1.54, 1.807) is 0 Å². The Balaban J connectivity index is 1.78. The van der Waals surface area contributed by atoms with Crippen molar-refractivity contribution in [3.05, 3.63) is 29.3 Å². The minimum atomic E-state index is 0.355. The van der Waals surface area contributed by atoms with Crippen molar-refractivity contribution in [1.29, 1.82) is 0 Å². The Labute approximate surface area is 124 Å². The average Bonchev–Trinajstić information content (AvgIpc) is 3.03. The van der Waals surface area contributed by atoms with Gasteiger partial charge in [0.25, 0.3) is 0 Å². The van der Waals surface area contributed by atoms with Crippen LogP contribution in [0.25, 0.3) is 10.2 Å². The molecule has 1 saturated heterocycles. The first-order chi connectivity index (χ1) is 9.78. The third-order valence-corrected chi connectivity index (χ3v) is 5.21. The molecule has 3 atom stereocenters. The number of likely N-dealkylation sites (N-methyl/N-ethyl adjacent to an activating group) is 1. The zero-order valence-corrected chi connectivity index (χ0v) is 13.0. The summed E-state index contributed by atoms with van der Waals surface area (Å²) in [5, 5.41) is 4.87. The Morgan fingerprint density at radius 3 is 3.00 bits per heavy atom. The van der Waals surface area contributed by atoms with E-state index in [9.17, 15) is 0 Å². The number of aromatic nitrogens is 1. The molecule has 0 aliphatic carbocycles. The van der Waals surface area contributed by atoms with E-state index < -0.39 is 0 Å². The third kappa shape index (κ3) is 2.87. The number of hydrogen-bond donors (Lipinski definition) is 1. The molecule has 2 aromatic rings. The number of thiazole rings is 1. The zero-order chi connectivity index (χ0) is 13.9. The molecule has 0 saturated carbocycles. The van der Waals surface area contributed by atoms with Crippen LogP contribution in [0, 0.1) is 5.92 Å². The van der Waals surface area contributed by atoms with Gasteiger partial charge in [0.1, 0.15) is 0 Å². The van der Waals surface area contributed by atoms with Crippen LogP contribution < -0.4 is 5.32 Å². The summed E-state index contributed by atoms with van der Waals surface area (Å²) in [6, 6.07) is 8.86. The SMILES string of the molecule is CCNC(Cc1nc2ccccc2s1)C1CCOC1C. The monoisotopic (exact) mass is 290 g/mol. The summed E-state index contributed by atoms with van der Waals surface area (Å²) in [5.74, 6) is 0.599. The molecule has 1 aliphatic rings. The fourth-order valence-electron chi connectivity index (χ4n) is 3.11. The van der Waals surface area contributed by atoms with Gasteiger partial charge in [0.05, 0.1) is 21.3 Å². The van der Waals surface area contributed by atoms with E-state index in [0.717, 1.165) is 31.5 Å². The lowest BCUT2D eigenvalue weighted by atomic mass is 9.91. The van der Waals surface area contributed by atoms with Crippen molar-refractivity contribution < 1.29 is 4.74 Å². The Kier molecular flexibility index (Phi) is 4.34. The topological polar surface area (TPSA) is 34.2 Å². The first-order valence-electron chi connectivity index (χ1n) is 7.47. The highest BCUT2D eigenvalue weighted by Gasteiger charge is 2.31. The van der Waals surface area contributed by atoms with Gasteiger partial charge in [-0.2, -0.15) is 0 Å². The summed E-state index contributed by atoms with van der Waals surface area (Å²) in [5.41, 5.74) is 1.12. The Morgan fingerprint density at radius 2 is 2.30 bits per heavy atom. The first kappa shape index (κ1) is 14.0. The molecule has 1 aromatic carbocycles. The van der Waals surface area contributed by atoms with Crippen molar-refractivity contribution >= 4 is 21.6 Å². The van der Waals surface area contributed by atoms with Gasteiger partial charge < -0.3 is 10.1 Å². The molecule has 3 unspecified atom stereocenters. The van der Waals surface area contributed by atoms with Crippen molar-refractivity contribution in [2.45, 2.75) is 38.8 Å². The van der Waals surface area contributed by atoms with Crippen LogP contribution in [0.15, 0.2) is 24.3 Å². The number of fused-ring (bicyclic) bond motifs is 1. The van der Waals surface area contributed by atoms with Gasteiger partial charge in [0, 0.05) is 25.0 Å². The maximum Gasteiger partial charge on any atom is 0.0954 e. The highest BCUT2D eigenvalue weighted by molar-refractivity contribution is 7.18. The van der Waals surface area contributed by atoms with Crippen LogP contribution in [-0.4, -0.2) is 30.3 Å². The number of ether oxygens (including phenoxy) is 1. The van der Waals surface area contributed by atoms with E-state index in [-0.39, 0.29) is 0 Å². The average molecular weight is 290 g/mol. The molecule has 4 heteroatoms. The lowest BCUT2D eigenvalue weighted by Gasteiger charge is -2.25. The molecule has 1 aromatic heterocycles. The number of nitrogens with zero attached hydrogens (tertiary/aromatic N) is 1. The fraction of sp³-hybridized carbons (Fsp3) is 0.562. The molecule has 0 amide bonds. The van der Waals surface area contributed by atoms with Crippen molar-refractivity contribution in [1.82, 2.24) is 10.3 Å². The van der Waals surface area contributed by atoms with Gasteiger partial charge in [-0.25, -0.2) is 4.98 Å². The molecule has 2 heterocycles. The Bertz CT molecular complexity index is 535.